The summed E-state index contributed by atoms with van der Waals surface area (Å²) < 4.78 is 40.4. The molecule has 2 aliphatic carbocycles. The molecule has 4 heteroatoms. The fourth-order valence-electron chi connectivity index (χ4n) is 4.93. The molecular weight excluding hydrogens is 373 g/mol. The number of alkyl halides is 3. The lowest BCUT2D eigenvalue weighted by Gasteiger charge is -2.37. The van der Waals surface area contributed by atoms with E-state index in [-0.39, 0.29) is 5.75 Å². The molecule has 1 nitrogen and oxygen atoms in total. The summed E-state index contributed by atoms with van der Waals surface area (Å²) in [4.78, 5) is 0. The van der Waals surface area contributed by atoms with Crippen molar-refractivity contribution in [3.63, 3.8) is 0 Å². The lowest BCUT2D eigenvalue weighted by atomic mass is 9.69. The zero-order valence-electron chi connectivity index (χ0n) is 17.2. The number of hydrogen-bond donors (Lipinski definition) is 0. The number of benzene rings is 1. The van der Waals surface area contributed by atoms with Crippen molar-refractivity contribution in [3.05, 3.63) is 42.0 Å². The van der Waals surface area contributed by atoms with Gasteiger partial charge in [0.15, 0.2) is 0 Å². The molecule has 2 fully saturated rings. The summed E-state index contributed by atoms with van der Waals surface area (Å²) in [5, 5.41) is 0. The Kier molecular flexibility index (Phi) is 7.70. The van der Waals surface area contributed by atoms with Crippen molar-refractivity contribution < 1.29 is 17.9 Å². The largest absolute Gasteiger partial charge is 0.573 e. The van der Waals surface area contributed by atoms with E-state index in [1.807, 2.05) is 6.08 Å². The summed E-state index contributed by atoms with van der Waals surface area (Å²) >= 11 is 0. The predicted molar refractivity (Wildman–Crippen MR) is 110 cm³/mol. The molecule has 2 aliphatic rings. The minimum absolute atomic E-state index is 0.224. The van der Waals surface area contributed by atoms with Gasteiger partial charge in [-0.3, -0.25) is 0 Å². The fraction of sp³-hybridized carbons (Fsp3) is 0.600. The van der Waals surface area contributed by atoms with E-state index in [1.165, 1.54) is 69.9 Å². The van der Waals surface area contributed by atoms with Crippen LogP contribution in [0.1, 0.15) is 70.3 Å². The SMILES string of the molecule is CC[C@H]1CC[C@H]([C@H]2CC[C@H](C=CC#Cc3ccc(OC(F)(F)F)cc3)CC2)CC1. The lowest BCUT2D eigenvalue weighted by Crippen LogP contribution is -2.25. The third-order valence-electron chi connectivity index (χ3n) is 6.71. The zero-order chi connectivity index (χ0) is 20.7. The lowest BCUT2D eigenvalue weighted by molar-refractivity contribution is -0.274. The van der Waals surface area contributed by atoms with Crippen LogP contribution >= 0.6 is 0 Å². The maximum Gasteiger partial charge on any atom is 0.573 e. The van der Waals surface area contributed by atoms with Gasteiger partial charge in [0.25, 0.3) is 0 Å². The van der Waals surface area contributed by atoms with Gasteiger partial charge in [-0.25, -0.2) is 0 Å². The van der Waals surface area contributed by atoms with Gasteiger partial charge < -0.3 is 4.74 Å². The van der Waals surface area contributed by atoms with Crippen molar-refractivity contribution >= 4 is 0 Å². The highest BCUT2D eigenvalue weighted by atomic mass is 19.4. The summed E-state index contributed by atoms with van der Waals surface area (Å²) in [5.74, 6) is 9.20. The normalized spacial score (nSPS) is 28.0. The van der Waals surface area contributed by atoms with Crippen LogP contribution in [0.2, 0.25) is 0 Å². The molecule has 0 heterocycles. The van der Waals surface area contributed by atoms with Gasteiger partial charge in [0.05, 0.1) is 0 Å². The Bertz CT molecular complexity index is 707. The highest BCUT2D eigenvalue weighted by molar-refractivity contribution is 5.40. The molecule has 158 valence electrons. The number of hydrogen-bond acceptors (Lipinski definition) is 1. The van der Waals surface area contributed by atoms with E-state index in [2.05, 4.69) is 29.6 Å². The van der Waals surface area contributed by atoms with Crippen molar-refractivity contribution in [2.24, 2.45) is 23.7 Å². The molecule has 0 N–H and O–H groups in total. The predicted octanol–water partition coefficient (Wildman–Crippen LogP) is 7.52. The van der Waals surface area contributed by atoms with E-state index >= 15 is 0 Å². The maximum absolute atomic E-state index is 12.2. The first-order valence-corrected chi connectivity index (χ1v) is 11.0. The van der Waals surface area contributed by atoms with Gasteiger partial charge in [0.2, 0.25) is 0 Å². The number of halogens is 3. The van der Waals surface area contributed by atoms with Crippen LogP contribution in [0.4, 0.5) is 13.2 Å². The first-order valence-electron chi connectivity index (χ1n) is 11.0. The monoisotopic (exact) mass is 404 g/mol. The molecule has 3 rings (SSSR count). The van der Waals surface area contributed by atoms with Gasteiger partial charge in [0, 0.05) is 5.56 Å². The van der Waals surface area contributed by atoms with Crippen LogP contribution in [-0.2, 0) is 0 Å². The summed E-state index contributed by atoms with van der Waals surface area (Å²) in [5.41, 5.74) is 0.676. The first-order chi connectivity index (χ1) is 13.9. The summed E-state index contributed by atoms with van der Waals surface area (Å²) in [7, 11) is 0. The molecule has 2 saturated carbocycles. The second-order valence-electron chi connectivity index (χ2n) is 8.56. The van der Waals surface area contributed by atoms with Crippen molar-refractivity contribution in [3.8, 4) is 17.6 Å². The summed E-state index contributed by atoms with van der Waals surface area (Å²) in [6.07, 6.45) is 11.7. The van der Waals surface area contributed by atoms with Crippen molar-refractivity contribution in [2.75, 3.05) is 0 Å². The van der Waals surface area contributed by atoms with Gasteiger partial charge in [0.1, 0.15) is 5.75 Å². The zero-order valence-corrected chi connectivity index (χ0v) is 17.2. The molecule has 0 aromatic heterocycles. The number of rotatable bonds is 4. The van der Waals surface area contributed by atoms with Crippen LogP contribution in [0.5, 0.6) is 5.75 Å². The quantitative estimate of drug-likeness (QED) is 0.472. The Morgan fingerprint density at radius 1 is 0.931 bits per heavy atom. The molecule has 0 radical (unpaired) electrons. The minimum Gasteiger partial charge on any atom is -0.406 e. The molecule has 0 spiro atoms. The first kappa shape index (κ1) is 21.8. The highest BCUT2D eigenvalue weighted by Crippen LogP contribution is 2.42. The molecule has 0 atom stereocenters. The second kappa shape index (κ2) is 10.2. The Morgan fingerprint density at radius 2 is 1.52 bits per heavy atom. The Balaban J connectivity index is 1.41. The van der Waals surface area contributed by atoms with Crippen LogP contribution in [0, 0.1) is 35.5 Å². The van der Waals surface area contributed by atoms with E-state index in [4.69, 9.17) is 0 Å². The topological polar surface area (TPSA) is 9.23 Å². The molecule has 0 amide bonds. The third-order valence-corrected chi connectivity index (χ3v) is 6.71. The van der Waals surface area contributed by atoms with Crippen molar-refractivity contribution in [1.82, 2.24) is 0 Å². The van der Waals surface area contributed by atoms with E-state index in [0.717, 1.165) is 17.8 Å². The van der Waals surface area contributed by atoms with Crippen LogP contribution < -0.4 is 4.74 Å². The maximum atomic E-state index is 12.2. The van der Waals surface area contributed by atoms with Crippen LogP contribution in [0.25, 0.3) is 0 Å². The van der Waals surface area contributed by atoms with Crippen molar-refractivity contribution in [2.45, 2.75) is 71.1 Å². The smallest absolute Gasteiger partial charge is 0.406 e. The molecule has 29 heavy (non-hydrogen) atoms. The van der Waals surface area contributed by atoms with E-state index in [9.17, 15) is 13.2 Å². The molecule has 1 aromatic rings. The van der Waals surface area contributed by atoms with Crippen LogP contribution in [-0.4, -0.2) is 6.36 Å². The molecule has 0 bridgehead atoms. The standard InChI is InChI=1S/C25H31F3O/c1-2-19-7-13-22(14-8-19)23-15-9-20(10-16-23)5-3-4-6-21-11-17-24(18-12-21)29-25(26,27)28/h3,5,11-12,17-20,22-23H,2,7-10,13-16H2,1H3/t19-,20-,22-,23-. The van der Waals surface area contributed by atoms with Gasteiger partial charge in [-0.1, -0.05) is 44.1 Å². The highest BCUT2D eigenvalue weighted by Gasteiger charge is 2.31. The molecule has 0 unspecified atom stereocenters. The number of allylic oxidation sites excluding steroid dienone is 2. The Labute approximate surface area is 172 Å². The molecule has 1 aromatic carbocycles. The number of ether oxygens (including phenoxy) is 1. The van der Waals surface area contributed by atoms with Crippen molar-refractivity contribution in [1.29, 1.82) is 0 Å². The van der Waals surface area contributed by atoms with Gasteiger partial charge >= 0.3 is 6.36 Å². The van der Waals surface area contributed by atoms with Crippen LogP contribution in [0.15, 0.2) is 36.4 Å². The Morgan fingerprint density at radius 3 is 2.07 bits per heavy atom. The van der Waals surface area contributed by atoms with E-state index in [1.54, 1.807) is 12.1 Å². The van der Waals surface area contributed by atoms with E-state index in [0.29, 0.717) is 11.5 Å². The van der Waals surface area contributed by atoms with Crippen LogP contribution in [0.3, 0.4) is 0 Å². The second-order valence-corrected chi connectivity index (χ2v) is 8.56. The molecule has 0 aliphatic heterocycles. The average Bonchev–Trinajstić information content (AvgIpc) is 2.72. The van der Waals surface area contributed by atoms with Gasteiger partial charge in [-0.2, -0.15) is 0 Å². The molecular formula is C25H31F3O. The fourth-order valence-corrected chi connectivity index (χ4v) is 4.93. The van der Waals surface area contributed by atoms with Gasteiger partial charge in [-0.15, -0.1) is 13.2 Å². The average molecular weight is 405 g/mol. The summed E-state index contributed by atoms with van der Waals surface area (Å²) in [6.45, 7) is 2.32. The molecule has 0 saturated heterocycles. The summed E-state index contributed by atoms with van der Waals surface area (Å²) in [6, 6.07) is 5.66. The Hall–Kier alpha value is -1.89. The van der Waals surface area contributed by atoms with E-state index < -0.39 is 6.36 Å². The van der Waals surface area contributed by atoms with Gasteiger partial charge in [-0.05, 0) is 92.5 Å². The minimum atomic E-state index is -4.66. The third kappa shape index (κ3) is 7.14.